The van der Waals surface area contributed by atoms with E-state index < -0.39 is 0 Å². The third-order valence-electron chi connectivity index (χ3n) is 3.20. The third-order valence-corrected chi connectivity index (χ3v) is 4.27. The second-order valence-electron chi connectivity index (χ2n) is 4.71. The fourth-order valence-electron chi connectivity index (χ4n) is 1.89. The molecule has 0 aliphatic carbocycles. The number of rotatable bonds is 5. The molecule has 3 N–H and O–H groups in total. The van der Waals surface area contributed by atoms with Gasteiger partial charge in [-0.05, 0) is 25.0 Å². The van der Waals surface area contributed by atoms with Crippen LogP contribution in [-0.4, -0.2) is 16.1 Å². The quantitative estimate of drug-likeness (QED) is 0.793. The van der Waals surface area contributed by atoms with E-state index in [-0.39, 0.29) is 12.6 Å². The summed E-state index contributed by atoms with van der Waals surface area (Å²) in [6.07, 6.45) is 0. The maximum Gasteiger partial charge on any atom is 0.315 e. The number of urea groups is 1. The predicted molar refractivity (Wildman–Crippen MR) is 83.0 cm³/mol. The molecule has 0 spiro atoms. The third kappa shape index (κ3) is 4.27. The van der Waals surface area contributed by atoms with Gasteiger partial charge in [-0.2, -0.15) is 0 Å². The standard InChI is InChI=1S/C15H19N3O2S/c1-10-11(2)21-14(18-10)8-17-15(20)16-7-12-5-3-4-6-13(12)9-19/h3-6,19H,7-9H2,1-2H3,(H2,16,17,20). The van der Waals surface area contributed by atoms with Crippen molar-refractivity contribution in [2.45, 2.75) is 33.5 Å². The minimum Gasteiger partial charge on any atom is -0.392 e. The molecular weight excluding hydrogens is 286 g/mol. The zero-order chi connectivity index (χ0) is 15.2. The lowest BCUT2D eigenvalue weighted by atomic mass is 10.1. The number of nitrogens with one attached hydrogen (secondary N) is 2. The summed E-state index contributed by atoms with van der Waals surface area (Å²) in [7, 11) is 0. The summed E-state index contributed by atoms with van der Waals surface area (Å²) in [5, 5.41) is 15.7. The molecule has 6 heteroatoms. The van der Waals surface area contributed by atoms with Gasteiger partial charge in [0.1, 0.15) is 5.01 Å². The Morgan fingerprint density at radius 3 is 2.48 bits per heavy atom. The highest BCUT2D eigenvalue weighted by atomic mass is 32.1. The lowest BCUT2D eigenvalue weighted by molar-refractivity contribution is 0.239. The molecule has 5 nitrogen and oxygen atoms in total. The molecule has 0 bridgehead atoms. The molecule has 1 aromatic heterocycles. The van der Waals surface area contributed by atoms with Gasteiger partial charge < -0.3 is 15.7 Å². The molecule has 0 aliphatic heterocycles. The second-order valence-corrected chi connectivity index (χ2v) is 6.00. The highest BCUT2D eigenvalue weighted by Crippen LogP contribution is 2.15. The highest BCUT2D eigenvalue weighted by Gasteiger charge is 2.07. The van der Waals surface area contributed by atoms with E-state index in [1.165, 1.54) is 4.88 Å². The first-order chi connectivity index (χ1) is 10.1. The lowest BCUT2D eigenvalue weighted by Gasteiger charge is -2.09. The molecule has 2 rings (SSSR count). The number of aromatic nitrogens is 1. The Labute approximate surface area is 128 Å². The normalized spacial score (nSPS) is 10.4. The van der Waals surface area contributed by atoms with E-state index in [0.717, 1.165) is 21.8 Å². The minimum absolute atomic E-state index is 0.0306. The number of thiazole rings is 1. The van der Waals surface area contributed by atoms with Gasteiger partial charge in [-0.15, -0.1) is 11.3 Å². The SMILES string of the molecule is Cc1nc(CNC(=O)NCc2ccccc2CO)sc1C. The maximum atomic E-state index is 11.8. The van der Waals surface area contributed by atoms with E-state index in [9.17, 15) is 9.90 Å². The summed E-state index contributed by atoms with van der Waals surface area (Å²) in [5.41, 5.74) is 2.74. The number of carbonyl (C=O) groups excluding carboxylic acids is 1. The van der Waals surface area contributed by atoms with Gasteiger partial charge in [0.05, 0.1) is 18.8 Å². The van der Waals surface area contributed by atoms with E-state index in [4.69, 9.17) is 0 Å². The molecule has 0 radical (unpaired) electrons. The van der Waals surface area contributed by atoms with Crippen LogP contribution < -0.4 is 10.6 Å². The number of hydrogen-bond donors (Lipinski definition) is 3. The average molecular weight is 305 g/mol. The van der Waals surface area contributed by atoms with E-state index in [1.807, 2.05) is 38.1 Å². The van der Waals surface area contributed by atoms with Crippen LogP contribution in [0.5, 0.6) is 0 Å². The van der Waals surface area contributed by atoms with Gasteiger partial charge in [0.2, 0.25) is 0 Å². The maximum absolute atomic E-state index is 11.8. The number of aryl methyl sites for hydroxylation is 2. The van der Waals surface area contributed by atoms with Gasteiger partial charge in [-0.1, -0.05) is 24.3 Å². The van der Waals surface area contributed by atoms with Crippen molar-refractivity contribution in [2.75, 3.05) is 0 Å². The molecule has 0 saturated heterocycles. The molecule has 21 heavy (non-hydrogen) atoms. The smallest absolute Gasteiger partial charge is 0.315 e. The van der Waals surface area contributed by atoms with Crippen molar-refractivity contribution in [1.82, 2.24) is 15.6 Å². The summed E-state index contributed by atoms with van der Waals surface area (Å²) in [6.45, 7) is 4.76. The van der Waals surface area contributed by atoms with Crippen molar-refractivity contribution in [3.8, 4) is 0 Å². The van der Waals surface area contributed by atoms with Crippen LogP contribution in [0.4, 0.5) is 4.79 Å². The van der Waals surface area contributed by atoms with Gasteiger partial charge in [0.15, 0.2) is 0 Å². The molecule has 0 saturated carbocycles. The fraction of sp³-hybridized carbons (Fsp3) is 0.333. The van der Waals surface area contributed by atoms with Crippen LogP contribution in [0, 0.1) is 13.8 Å². The largest absolute Gasteiger partial charge is 0.392 e. The van der Waals surface area contributed by atoms with Gasteiger partial charge in [0, 0.05) is 11.4 Å². The van der Waals surface area contributed by atoms with Crippen LogP contribution in [0.1, 0.15) is 26.7 Å². The van der Waals surface area contributed by atoms with Crippen molar-refractivity contribution in [3.05, 3.63) is 51.0 Å². The molecule has 0 unspecified atom stereocenters. The molecular formula is C15H19N3O2S. The summed E-state index contributed by atoms with van der Waals surface area (Å²) >= 11 is 1.59. The molecule has 112 valence electrons. The van der Waals surface area contributed by atoms with Crippen molar-refractivity contribution >= 4 is 17.4 Å². The lowest BCUT2D eigenvalue weighted by Crippen LogP contribution is -2.34. The Balaban J connectivity index is 1.82. The Hall–Kier alpha value is -1.92. The topological polar surface area (TPSA) is 74.2 Å². The molecule has 1 heterocycles. The molecule has 1 aromatic carbocycles. The van der Waals surface area contributed by atoms with Crippen molar-refractivity contribution in [3.63, 3.8) is 0 Å². The van der Waals surface area contributed by atoms with Crippen LogP contribution in [0.2, 0.25) is 0 Å². The van der Waals surface area contributed by atoms with Crippen molar-refractivity contribution in [2.24, 2.45) is 0 Å². The molecule has 2 amide bonds. The number of aliphatic hydroxyl groups excluding tert-OH is 1. The first-order valence-electron chi connectivity index (χ1n) is 6.72. The van der Waals surface area contributed by atoms with Crippen LogP contribution >= 0.6 is 11.3 Å². The van der Waals surface area contributed by atoms with Crippen LogP contribution in [0.25, 0.3) is 0 Å². The predicted octanol–water partition coefficient (Wildman–Crippen LogP) is 2.25. The van der Waals surface area contributed by atoms with Gasteiger partial charge in [-0.25, -0.2) is 9.78 Å². The number of carbonyl (C=O) groups is 1. The van der Waals surface area contributed by atoms with E-state index >= 15 is 0 Å². The fourth-order valence-corrected chi connectivity index (χ4v) is 2.77. The number of hydrogen-bond acceptors (Lipinski definition) is 4. The molecule has 0 atom stereocenters. The van der Waals surface area contributed by atoms with E-state index in [1.54, 1.807) is 11.3 Å². The number of nitrogens with zero attached hydrogens (tertiary/aromatic N) is 1. The van der Waals surface area contributed by atoms with Crippen LogP contribution in [-0.2, 0) is 19.7 Å². The first-order valence-corrected chi connectivity index (χ1v) is 7.54. The van der Waals surface area contributed by atoms with E-state index in [2.05, 4.69) is 15.6 Å². The number of aliphatic hydroxyl groups is 1. The van der Waals surface area contributed by atoms with E-state index in [0.29, 0.717) is 13.1 Å². The summed E-state index contributed by atoms with van der Waals surface area (Å²) in [5.74, 6) is 0. The van der Waals surface area contributed by atoms with Gasteiger partial charge in [-0.3, -0.25) is 0 Å². The Kier molecular flexibility index (Phi) is 5.30. The van der Waals surface area contributed by atoms with Gasteiger partial charge >= 0.3 is 6.03 Å². The zero-order valence-electron chi connectivity index (χ0n) is 12.1. The average Bonchev–Trinajstić information content (AvgIpc) is 2.82. The van der Waals surface area contributed by atoms with Crippen molar-refractivity contribution in [1.29, 1.82) is 0 Å². The Morgan fingerprint density at radius 2 is 1.86 bits per heavy atom. The summed E-state index contributed by atoms with van der Waals surface area (Å²) in [4.78, 5) is 17.3. The molecule has 0 aliphatic rings. The Morgan fingerprint density at radius 1 is 1.19 bits per heavy atom. The second kappa shape index (κ2) is 7.19. The van der Waals surface area contributed by atoms with Crippen molar-refractivity contribution < 1.29 is 9.90 Å². The molecule has 2 aromatic rings. The Bertz CT molecular complexity index is 606. The van der Waals surface area contributed by atoms with Gasteiger partial charge in [0.25, 0.3) is 0 Å². The minimum atomic E-state index is -0.242. The summed E-state index contributed by atoms with van der Waals surface area (Å²) in [6, 6.07) is 7.24. The highest BCUT2D eigenvalue weighted by molar-refractivity contribution is 7.11. The number of benzene rings is 1. The zero-order valence-corrected chi connectivity index (χ0v) is 13.0. The van der Waals surface area contributed by atoms with Crippen LogP contribution in [0.3, 0.4) is 0 Å². The van der Waals surface area contributed by atoms with Crippen LogP contribution in [0.15, 0.2) is 24.3 Å². The first kappa shape index (κ1) is 15.5. The number of amides is 2. The molecule has 0 fully saturated rings. The monoisotopic (exact) mass is 305 g/mol. The summed E-state index contributed by atoms with van der Waals surface area (Å²) < 4.78 is 0.